The van der Waals surface area contributed by atoms with Crippen LogP contribution in [0, 0.1) is 0 Å². The number of guanidine groups is 4. The van der Waals surface area contributed by atoms with Crippen LogP contribution in [0.2, 0.25) is 0 Å². The lowest BCUT2D eigenvalue weighted by atomic mass is 9.84. The lowest BCUT2D eigenvalue weighted by Gasteiger charge is -2.50. The summed E-state index contributed by atoms with van der Waals surface area (Å²) in [6, 6.07) is 0.684. The van der Waals surface area contributed by atoms with E-state index < -0.39 is 0 Å². The Morgan fingerprint density at radius 3 is 1.04 bits per heavy atom. The van der Waals surface area contributed by atoms with Gasteiger partial charge in [-0.05, 0) is 121 Å². The van der Waals surface area contributed by atoms with Crippen molar-refractivity contribution in [2.45, 2.75) is 247 Å². The maximum atomic E-state index is 7.03. The monoisotopic (exact) mass is 1120 g/mol. The molecule has 4 heterocycles. The van der Waals surface area contributed by atoms with Crippen LogP contribution in [-0.2, 0) is 0 Å². The quantitative estimate of drug-likeness (QED) is 0.0464. The van der Waals surface area contributed by atoms with Gasteiger partial charge in [0.15, 0.2) is 11.9 Å². The summed E-state index contributed by atoms with van der Waals surface area (Å²) in [6.07, 6.45) is 26.7. The van der Waals surface area contributed by atoms with Crippen LogP contribution in [0.4, 0.5) is 0 Å². The fourth-order valence-corrected chi connectivity index (χ4v) is 12.5. The molecule has 3 unspecified atom stereocenters. The molecule has 0 aliphatic carbocycles. The maximum absolute atomic E-state index is 7.03. The van der Waals surface area contributed by atoms with Crippen molar-refractivity contribution < 1.29 is 0 Å². The first-order chi connectivity index (χ1) is 38.3. The summed E-state index contributed by atoms with van der Waals surface area (Å²) in [6.45, 7) is 46.7. The van der Waals surface area contributed by atoms with Crippen LogP contribution in [0.15, 0.2) is 104 Å². The largest absolute Gasteiger partial charge is 0.373 e. The first-order valence-electron chi connectivity index (χ1n) is 31.3. The molecule has 81 heavy (non-hydrogen) atoms. The molecule has 0 amide bonds. The SMILES string of the molecule is C=C(/N=C(\N=C(/N)NCN/C(N)=N/C(=N\C(=C)N(CCCC)C1C/C(=C/C)N(C)C(C)(C)C1)N(CCCC)C1C/C(=C/C)N(C)C(C)(C)C1)N(CCCC)C1C/C(=C/C)N(C)/C(=C\C)C1)N(CCCC)C1C/C(=C/C)N(C)C(C)(C)C1. The van der Waals surface area contributed by atoms with Crippen LogP contribution in [0.3, 0.4) is 0 Å². The molecule has 16 heteroatoms. The number of allylic oxidation sites excluding steroid dienone is 5. The van der Waals surface area contributed by atoms with Crippen LogP contribution in [0.5, 0.6) is 0 Å². The average molecular weight is 1120 g/mol. The molecule has 4 saturated heterocycles. The third-order valence-corrected chi connectivity index (χ3v) is 18.4. The van der Waals surface area contributed by atoms with E-state index in [-0.39, 0.29) is 59.4 Å². The molecule has 3 atom stereocenters. The van der Waals surface area contributed by atoms with Crippen LogP contribution in [0.1, 0.15) is 207 Å². The minimum Gasteiger partial charge on any atom is -0.373 e. The van der Waals surface area contributed by atoms with Gasteiger partial charge in [-0.1, -0.05) is 96.9 Å². The van der Waals surface area contributed by atoms with Gasteiger partial charge in [0.25, 0.3) is 0 Å². The Morgan fingerprint density at radius 1 is 0.469 bits per heavy atom. The van der Waals surface area contributed by atoms with Gasteiger partial charge in [-0.25, -0.2) is 0 Å². The summed E-state index contributed by atoms with van der Waals surface area (Å²) in [7, 11) is 8.83. The molecular formula is C65H118N16. The van der Waals surface area contributed by atoms with E-state index >= 15 is 0 Å². The molecule has 0 aromatic heterocycles. The van der Waals surface area contributed by atoms with E-state index in [4.69, 9.17) is 44.6 Å². The molecule has 4 aliphatic heterocycles. The molecule has 0 aromatic rings. The second-order valence-corrected chi connectivity index (χ2v) is 25.2. The van der Waals surface area contributed by atoms with Crippen LogP contribution < -0.4 is 22.1 Å². The van der Waals surface area contributed by atoms with Crippen molar-refractivity contribution in [1.82, 2.24) is 49.8 Å². The highest BCUT2D eigenvalue weighted by Gasteiger charge is 2.41. The predicted octanol–water partition coefficient (Wildman–Crippen LogP) is 12.0. The summed E-state index contributed by atoms with van der Waals surface area (Å²) in [5.74, 6) is 3.00. The van der Waals surface area contributed by atoms with Crippen molar-refractivity contribution in [3.05, 3.63) is 83.7 Å². The number of hydrogen-bond acceptors (Lipinski definition) is 8. The number of aliphatic imine (C=N–C) groups is 4. The number of unbranched alkanes of at least 4 members (excludes halogenated alkanes) is 4. The maximum Gasteiger partial charge on any atom is 0.230 e. The zero-order valence-electron chi connectivity index (χ0n) is 55.0. The van der Waals surface area contributed by atoms with E-state index in [0.29, 0.717) is 23.6 Å². The molecule has 458 valence electrons. The summed E-state index contributed by atoms with van der Waals surface area (Å²) in [5, 5.41) is 6.74. The fraction of sp³-hybridized carbons (Fsp3) is 0.723. The van der Waals surface area contributed by atoms with Crippen molar-refractivity contribution >= 4 is 23.8 Å². The number of piperidine rings is 4. The molecule has 4 fully saturated rings. The third kappa shape index (κ3) is 18.0. The predicted molar refractivity (Wildman–Crippen MR) is 348 cm³/mol. The third-order valence-electron chi connectivity index (χ3n) is 18.4. The van der Waals surface area contributed by atoms with Gasteiger partial charge in [0.2, 0.25) is 11.9 Å². The molecule has 0 aromatic carbocycles. The highest BCUT2D eigenvalue weighted by molar-refractivity contribution is 5.96. The van der Waals surface area contributed by atoms with Gasteiger partial charge in [0, 0.05) is 156 Å². The van der Waals surface area contributed by atoms with Crippen molar-refractivity contribution in [2.24, 2.45) is 31.4 Å². The van der Waals surface area contributed by atoms with Gasteiger partial charge in [0.05, 0.1) is 6.67 Å². The van der Waals surface area contributed by atoms with Crippen LogP contribution in [0.25, 0.3) is 0 Å². The summed E-state index contributed by atoms with van der Waals surface area (Å²) in [4.78, 5) is 40.8. The second kappa shape index (κ2) is 31.2. The lowest BCUT2D eigenvalue weighted by molar-refractivity contribution is 0.0809. The molecule has 4 rings (SSSR count). The van der Waals surface area contributed by atoms with E-state index in [2.05, 4.69) is 212 Å². The van der Waals surface area contributed by atoms with E-state index in [1.807, 2.05) is 0 Å². The molecule has 16 nitrogen and oxygen atoms in total. The summed E-state index contributed by atoms with van der Waals surface area (Å²) >= 11 is 0. The molecule has 0 radical (unpaired) electrons. The number of nitrogens with zero attached hydrogens (tertiary/aromatic N) is 12. The van der Waals surface area contributed by atoms with Gasteiger partial charge >= 0.3 is 0 Å². The number of hydrogen-bond donors (Lipinski definition) is 4. The minimum atomic E-state index is -0.0904. The van der Waals surface area contributed by atoms with E-state index in [0.717, 1.165) is 129 Å². The number of nitrogens with one attached hydrogen (secondary N) is 2. The highest BCUT2D eigenvalue weighted by Crippen LogP contribution is 2.40. The Labute approximate surface area is 495 Å². The number of likely N-dealkylation sites (tertiary alicyclic amines) is 4. The highest BCUT2D eigenvalue weighted by atomic mass is 15.4. The molecule has 4 aliphatic rings. The number of nitrogens with two attached hydrogens (primary N) is 2. The molecule has 0 spiro atoms. The van der Waals surface area contributed by atoms with E-state index in [1.165, 1.54) is 28.5 Å². The van der Waals surface area contributed by atoms with Gasteiger partial charge in [0.1, 0.15) is 11.6 Å². The Balaban J connectivity index is 1.83. The van der Waals surface area contributed by atoms with E-state index in [9.17, 15) is 0 Å². The average Bonchev–Trinajstić information content (AvgIpc) is 3.42. The first-order valence-corrected chi connectivity index (χ1v) is 31.3. The zero-order chi connectivity index (χ0) is 60.4. The number of rotatable bonds is 22. The molecule has 6 N–H and O–H groups in total. The molecule has 0 bridgehead atoms. The van der Waals surface area contributed by atoms with Crippen molar-refractivity contribution in [1.29, 1.82) is 0 Å². The van der Waals surface area contributed by atoms with Gasteiger partial charge < -0.3 is 61.3 Å². The van der Waals surface area contributed by atoms with Gasteiger partial charge in [-0.15, -0.1) is 0 Å². The van der Waals surface area contributed by atoms with Crippen LogP contribution >= 0.6 is 0 Å². The first kappa shape index (κ1) is 68.0. The molecule has 0 saturated carbocycles. The Morgan fingerprint density at radius 2 is 0.741 bits per heavy atom. The lowest BCUT2D eigenvalue weighted by Crippen LogP contribution is -2.54. The zero-order valence-corrected chi connectivity index (χ0v) is 55.0. The second-order valence-electron chi connectivity index (χ2n) is 25.2. The Bertz CT molecular complexity index is 2320. The van der Waals surface area contributed by atoms with Gasteiger partial charge in [-0.3, -0.25) is 0 Å². The normalized spacial score (nSPS) is 25.3. The van der Waals surface area contributed by atoms with Crippen molar-refractivity contribution in [2.75, 3.05) is 61.0 Å². The fourth-order valence-electron chi connectivity index (χ4n) is 12.5. The van der Waals surface area contributed by atoms with Crippen molar-refractivity contribution in [3.63, 3.8) is 0 Å². The van der Waals surface area contributed by atoms with Crippen LogP contribution in [-0.4, -0.2) is 165 Å². The minimum absolute atomic E-state index is 0.0366. The smallest absolute Gasteiger partial charge is 0.230 e. The Hall–Kier alpha value is -5.54. The summed E-state index contributed by atoms with van der Waals surface area (Å²) in [5.41, 5.74) is 20.4. The topological polar surface area (TPSA) is 151 Å². The molecular weight excluding hydrogens is 1000 g/mol. The summed E-state index contributed by atoms with van der Waals surface area (Å²) < 4.78 is 0. The van der Waals surface area contributed by atoms with E-state index in [1.54, 1.807) is 0 Å². The Kier molecular flexibility index (Phi) is 26.2. The standard InChI is InChI=1S/C65H118N16/c1-22-31-35-78(56-41-52(28-7)75(19)63(12,13)44-56)48(10)70-61(80(37-33-24-3)55-39-50(26-5)74(18)51(27-6)40-55)72-59(66)68-47-69-60(67)73-62(81(38-34-25-4)58-43-54(30-9)77(21)65(16,17)46-58)71-49(11)79(36-32-23-2)57-42-53(29-8)76(20)64(14,15)45-57/h26-30,55-58H,10-11,22-25,31-47H2,1-9,12-21H3,(H3,66,68,70,72)(H3,67,69,71,73)/b50-26-,51-27-,52-28-,53-29-,54-30-. The van der Waals surface area contributed by atoms with Gasteiger partial charge in [-0.2, -0.15) is 20.0 Å². The van der Waals surface area contributed by atoms with Crippen molar-refractivity contribution in [3.8, 4) is 0 Å².